The first-order chi connectivity index (χ1) is 10.1. The average molecular weight is 322 g/mol. The van der Waals surface area contributed by atoms with Crippen LogP contribution < -0.4 is 10.1 Å². The summed E-state index contributed by atoms with van der Waals surface area (Å²) >= 11 is 2.67. The lowest BCUT2D eigenvalue weighted by molar-refractivity contribution is -0.113. The number of ketones is 1. The number of nitrogens with zero attached hydrogens (tertiary/aromatic N) is 1. The van der Waals surface area contributed by atoms with Crippen molar-refractivity contribution in [3.05, 3.63) is 35.3 Å². The van der Waals surface area contributed by atoms with Crippen LogP contribution in [0, 0.1) is 0 Å². The maximum Gasteiger partial charge on any atom is 0.236 e. The van der Waals surface area contributed by atoms with Crippen molar-refractivity contribution in [1.82, 2.24) is 4.98 Å². The fourth-order valence-electron chi connectivity index (χ4n) is 1.47. The molecule has 1 aromatic carbocycles. The molecular formula is C14H14N2O3S2. The number of ether oxygens (including phenoxy) is 1. The Morgan fingerprint density at radius 1 is 1.33 bits per heavy atom. The third kappa shape index (κ3) is 4.57. The average Bonchev–Trinajstić information content (AvgIpc) is 2.94. The summed E-state index contributed by atoms with van der Waals surface area (Å²) in [7, 11) is 1.61. The van der Waals surface area contributed by atoms with Crippen LogP contribution in [0.4, 0.5) is 5.13 Å². The molecular weight excluding hydrogens is 308 g/mol. The number of thiazole rings is 1. The topological polar surface area (TPSA) is 68.3 Å². The predicted molar refractivity (Wildman–Crippen MR) is 84.5 cm³/mol. The normalized spacial score (nSPS) is 10.2. The summed E-state index contributed by atoms with van der Waals surface area (Å²) < 4.78 is 5.07. The van der Waals surface area contributed by atoms with Gasteiger partial charge >= 0.3 is 0 Å². The zero-order valence-corrected chi connectivity index (χ0v) is 13.2. The summed E-state index contributed by atoms with van der Waals surface area (Å²) in [6.45, 7) is 1.44. The van der Waals surface area contributed by atoms with Gasteiger partial charge in [-0.3, -0.25) is 9.59 Å². The Balaban J connectivity index is 1.84. The Bertz CT molecular complexity index is 638. The van der Waals surface area contributed by atoms with Crippen molar-refractivity contribution in [3.8, 4) is 5.75 Å². The number of hydrogen-bond acceptors (Lipinski definition) is 6. The van der Waals surface area contributed by atoms with E-state index in [2.05, 4.69) is 10.3 Å². The number of carbonyl (C=O) groups is 2. The molecule has 5 nitrogen and oxygen atoms in total. The van der Waals surface area contributed by atoms with Gasteiger partial charge < -0.3 is 10.1 Å². The Hall–Kier alpha value is -1.86. The molecule has 0 aliphatic rings. The number of amides is 1. The van der Waals surface area contributed by atoms with E-state index in [0.29, 0.717) is 10.8 Å². The van der Waals surface area contributed by atoms with Crippen LogP contribution in [-0.2, 0) is 4.79 Å². The molecule has 0 saturated carbocycles. The molecule has 1 heterocycles. The summed E-state index contributed by atoms with van der Waals surface area (Å²) in [4.78, 5) is 28.0. The largest absolute Gasteiger partial charge is 0.497 e. The third-order valence-corrected chi connectivity index (χ3v) is 4.31. The Morgan fingerprint density at radius 3 is 2.62 bits per heavy atom. The van der Waals surface area contributed by atoms with E-state index < -0.39 is 0 Å². The van der Waals surface area contributed by atoms with Gasteiger partial charge in [-0.1, -0.05) is 0 Å². The van der Waals surface area contributed by atoms with Crippen molar-refractivity contribution in [2.75, 3.05) is 18.2 Å². The molecule has 1 N–H and O–H groups in total. The summed E-state index contributed by atoms with van der Waals surface area (Å²) in [5.41, 5.74) is 0.373. The molecule has 0 bridgehead atoms. The highest BCUT2D eigenvalue weighted by Crippen LogP contribution is 2.22. The predicted octanol–water partition coefficient (Wildman–Crippen LogP) is 3.09. The lowest BCUT2D eigenvalue weighted by Crippen LogP contribution is -2.14. The Kier molecular flexibility index (Phi) is 5.35. The standard InChI is InChI=1S/C14H14N2O3S2/c1-9(17)12-7-21-14(15-12)16-13(18)8-20-11-5-3-10(19-2)4-6-11/h3-7H,8H2,1-2H3,(H,15,16,18). The lowest BCUT2D eigenvalue weighted by Gasteiger charge is -2.03. The highest BCUT2D eigenvalue weighted by Gasteiger charge is 2.09. The second kappa shape index (κ2) is 7.24. The first-order valence-corrected chi connectivity index (χ1v) is 7.98. The summed E-state index contributed by atoms with van der Waals surface area (Å²) in [6, 6.07) is 7.49. The zero-order chi connectivity index (χ0) is 15.2. The highest BCUT2D eigenvalue weighted by atomic mass is 32.2. The first kappa shape index (κ1) is 15.5. The number of Topliss-reactive ketones (excluding diaryl/α,β-unsaturated/α-hetero) is 1. The van der Waals surface area contributed by atoms with Gasteiger partial charge in [0.25, 0.3) is 0 Å². The van der Waals surface area contributed by atoms with Crippen molar-refractivity contribution in [2.24, 2.45) is 0 Å². The van der Waals surface area contributed by atoms with Crippen molar-refractivity contribution in [2.45, 2.75) is 11.8 Å². The summed E-state index contributed by atoms with van der Waals surface area (Å²) in [6.07, 6.45) is 0. The van der Waals surface area contributed by atoms with Gasteiger partial charge in [-0.05, 0) is 24.3 Å². The van der Waals surface area contributed by atoms with Gasteiger partial charge in [-0.2, -0.15) is 0 Å². The van der Waals surface area contributed by atoms with Crippen molar-refractivity contribution in [1.29, 1.82) is 0 Å². The smallest absolute Gasteiger partial charge is 0.236 e. The summed E-state index contributed by atoms with van der Waals surface area (Å²) in [5.74, 6) is 0.796. The number of nitrogens with one attached hydrogen (secondary N) is 1. The number of hydrogen-bond donors (Lipinski definition) is 1. The van der Waals surface area contributed by atoms with Crippen LogP contribution in [0.1, 0.15) is 17.4 Å². The van der Waals surface area contributed by atoms with Crippen LogP contribution in [0.15, 0.2) is 34.5 Å². The Morgan fingerprint density at radius 2 is 2.05 bits per heavy atom. The molecule has 1 aromatic heterocycles. The van der Waals surface area contributed by atoms with Crippen LogP contribution in [0.5, 0.6) is 5.75 Å². The molecule has 2 aromatic rings. The van der Waals surface area contributed by atoms with E-state index in [1.54, 1.807) is 12.5 Å². The van der Waals surface area contributed by atoms with Crippen LogP contribution in [0.25, 0.3) is 0 Å². The molecule has 1 amide bonds. The van der Waals surface area contributed by atoms with E-state index in [4.69, 9.17) is 4.74 Å². The van der Waals surface area contributed by atoms with Crippen molar-refractivity contribution < 1.29 is 14.3 Å². The van der Waals surface area contributed by atoms with E-state index >= 15 is 0 Å². The van der Waals surface area contributed by atoms with Gasteiger partial charge in [-0.25, -0.2) is 4.98 Å². The first-order valence-electron chi connectivity index (χ1n) is 6.11. The minimum absolute atomic E-state index is 0.112. The molecule has 0 aliphatic heterocycles. The van der Waals surface area contributed by atoms with Gasteiger partial charge in [0.1, 0.15) is 11.4 Å². The van der Waals surface area contributed by atoms with E-state index in [-0.39, 0.29) is 17.4 Å². The number of carbonyl (C=O) groups excluding carboxylic acids is 2. The molecule has 0 unspecified atom stereocenters. The molecule has 0 atom stereocenters. The molecule has 0 spiro atoms. The molecule has 0 radical (unpaired) electrons. The SMILES string of the molecule is COc1ccc(SCC(=O)Nc2nc(C(C)=O)cs2)cc1. The van der Waals surface area contributed by atoms with Crippen LogP contribution in [0.2, 0.25) is 0 Å². The van der Waals surface area contributed by atoms with E-state index in [1.165, 1.54) is 30.0 Å². The van der Waals surface area contributed by atoms with E-state index in [0.717, 1.165) is 10.6 Å². The number of aromatic nitrogens is 1. The minimum atomic E-state index is -0.153. The lowest BCUT2D eigenvalue weighted by atomic mass is 10.3. The number of rotatable bonds is 6. The molecule has 2 rings (SSSR count). The number of thioether (sulfide) groups is 1. The van der Waals surface area contributed by atoms with Crippen molar-refractivity contribution in [3.63, 3.8) is 0 Å². The van der Waals surface area contributed by atoms with Gasteiger partial charge in [0.05, 0.1) is 12.9 Å². The van der Waals surface area contributed by atoms with E-state index in [1.807, 2.05) is 24.3 Å². The van der Waals surface area contributed by atoms with Gasteiger partial charge in [0.2, 0.25) is 5.91 Å². The maximum absolute atomic E-state index is 11.8. The monoisotopic (exact) mass is 322 g/mol. The molecule has 7 heteroatoms. The van der Waals surface area contributed by atoms with Crippen LogP contribution in [0.3, 0.4) is 0 Å². The Labute approximate surface area is 130 Å². The third-order valence-electron chi connectivity index (χ3n) is 2.54. The molecule has 21 heavy (non-hydrogen) atoms. The number of benzene rings is 1. The van der Waals surface area contributed by atoms with Crippen LogP contribution in [-0.4, -0.2) is 29.5 Å². The minimum Gasteiger partial charge on any atom is -0.497 e. The van der Waals surface area contributed by atoms with Gasteiger partial charge in [0.15, 0.2) is 10.9 Å². The highest BCUT2D eigenvalue weighted by molar-refractivity contribution is 8.00. The second-order valence-corrected chi connectivity index (χ2v) is 6.01. The molecule has 110 valence electrons. The van der Waals surface area contributed by atoms with Gasteiger partial charge in [0, 0.05) is 17.2 Å². The molecule has 0 fully saturated rings. The fourth-order valence-corrected chi connectivity index (χ4v) is 2.93. The van der Waals surface area contributed by atoms with Gasteiger partial charge in [-0.15, -0.1) is 23.1 Å². The molecule has 0 aliphatic carbocycles. The quantitative estimate of drug-likeness (QED) is 0.654. The molecule has 0 saturated heterocycles. The number of anilines is 1. The van der Waals surface area contributed by atoms with Crippen molar-refractivity contribution >= 4 is 39.9 Å². The summed E-state index contributed by atoms with van der Waals surface area (Å²) in [5, 5.41) is 4.76. The number of methoxy groups -OCH3 is 1. The van der Waals surface area contributed by atoms with Crippen LogP contribution >= 0.6 is 23.1 Å². The van der Waals surface area contributed by atoms with E-state index in [9.17, 15) is 9.59 Å². The maximum atomic E-state index is 11.8. The zero-order valence-electron chi connectivity index (χ0n) is 11.6. The fraction of sp³-hybridized carbons (Fsp3) is 0.214. The second-order valence-electron chi connectivity index (χ2n) is 4.11.